The Bertz CT molecular complexity index is 804. The smallest absolute Gasteiger partial charge is 0.316 e. The fourth-order valence-corrected chi connectivity index (χ4v) is 2.72. The molecule has 0 bridgehead atoms. The molecule has 0 unspecified atom stereocenters. The Morgan fingerprint density at radius 2 is 1.64 bits per heavy atom. The number of hydrogen-bond donors (Lipinski definition) is 3. The molecule has 0 atom stereocenters. The molecule has 0 aliphatic carbocycles. The van der Waals surface area contributed by atoms with Crippen LogP contribution < -0.4 is 15.8 Å². The third-order valence-corrected chi connectivity index (χ3v) is 4.02. The lowest BCUT2D eigenvalue weighted by Crippen LogP contribution is -2.30. The van der Waals surface area contributed by atoms with Crippen molar-refractivity contribution in [2.75, 3.05) is 5.32 Å². The lowest BCUT2D eigenvalue weighted by molar-refractivity contribution is 0.0981. The summed E-state index contributed by atoms with van der Waals surface area (Å²) in [5, 5.41) is 2.30. The zero-order valence-electron chi connectivity index (χ0n) is 11.3. The first-order chi connectivity index (χ1) is 10.4. The summed E-state index contributed by atoms with van der Waals surface area (Å²) in [4.78, 5) is 22.8. The SMILES string of the molecule is NC(=O)Nc1cccc(C(=O)NS(=O)(=O)c2ccccc2)c1. The van der Waals surface area contributed by atoms with Crippen LogP contribution in [0.25, 0.3) is 0 Å². The molecule has 0 fully saturated rings. The molecule has 2 aromatic rings. The Labute approximate surface area is 127 Å². The molecule has 4 N–H and O–H groups in total. The second-order valence-corrected chi connectivity index (χ2v) is 6.00. The van der Waals surface area contributed by atoms with E-state index >= 15 is 0 Å². The van der Waals surface area contributed by atoms with Gasteiger partial charge in [-0.15, -0.1) is 0 Å². The van der Waals surface area contributed by atoms with Crippen molar-refractivity contribution >= 4 is 27.6 Å². The minimum absolute atomic E-state index is 0.0187. The highest BCUT2D eigenvalue weighted by Gasteiger charge is 2.18. The average molecular weight is 319 g/mol. The van der Waals surface area contributed by atoms with Gasteiger partial charge in [-0.25, -0.2) is 17.9 Å². The molecule has 0 spiro atoms. The molecule has 0 radical (unpaired) electrons. The highest BCUT2D eigenvalue weighted by Crippen LogP contribution is 2.12. The Balaban J connectivity index is 2.21. The molecule has 22 heavy (non-hydrogen) atoms. The van der Waals surface area contributed by atoms with Crippen LogP contribution >= 0.6 is 0 Å². The van der Waals surface area contributed by atoms with E-state index in [1.807, 2.05) is 4.72 Å². The Morgan fingerprint density at radius 3 is 2.27 bits per heavy atom. The Hall–Kier alpha value is -2.87. The Kier molecular flexibility index (Phi) is 4.42. The maximum absolute atomic E-state index is 12.1. The fraction of sp³-hybridized carbons (Fsp3) is 0. The van der Waals surface area contributed by atoms with Gasteiger partial charge in [-0.05, 0) is 30.3 Å². The molecular weight excluding hydrogens is 306 g/mol. The summed E-state index contributed by atoms with van der Waals surface area (Å²) in [7, 11) is -3.96. The summed E-state index contributed by atoms with van der Waals surface area (Å²) in [6.07, 6.45) is 0. The van der Waals surface area contributed by atoms with Gasteiger partial charge < -0.3 is 11.1 Å². The highest BCUT2D eigenvalue weighted by molar-refractivity contribution is 7.90. The van der Waals surface area contributed by atoms with E-state index in [1.165, 1.54) is 36.4 Å². The number of carbonyl (C=O) groups excluding carboxylic acids is 2. The van der Waals surface area contributed by atoms with Crippen molar-refractivity contribution in [1.82, 2.24) is 4.72 Å². The van der Waals surface area contributed by atoms with E-state index < -0.39 is 22.0 Å². The van der Waals surface area contributed by atoms with E-state index in [2.05, 4.69) is 5.32 Å². The molecule has 3 amide bonds. The van der Waals surface area contributed by atoms with Crippen LogP contribution in [-0.4, -0.2) is 20.4 Å². The lowest BCUT2D eigenvalue weighted by Gasteiger charge is -2.08. The number of hydrogen-bond acceptors (Lipinski definition) is 4. The van der Waals surface area contributed by atoms with Gasteiger partial charge in [-0.1, -0.05) is 24.3 Å². The summed E-state index contributed by atoms with van der Waals surface area (Å²) in [5.74, 6) is -0.808. The van der Waals surface area contributed by atoms with Crippen molar-refractivity contribution < 1.29 is 18.0 Å². The van der Waals surface area contributed by atoms with E-state index in [0.717, 1.165) is 0 Å². The quantitative estimate of drug-likeness (QED) is 0.787. The topological polar surface area (TPSA) is 118 Å². The van der Waals surface area contributed by atoms with Crippen molar-refractivity contribution in [3.05, 3.63) is 60.2 Å². The number of urea groups is 1. The van der Waals surface area contributed by atoms with E-state index in [0.29, 0.717) is 0 Å². The summed E-state index contributed by atoms with van der Waals surface area (Å²) in [5.41, 5.74) is 5.35. The van der Waals surface area contributed by atoms with Gasteiger partial charge in [0.2, 0.25) is 0 Å². The third-order valence-electron chi connectivity index (χ3n) is 2.67. The molecule has 8 heteroatoms. The Morgan fingerprint density at radius 1 is 0.955 bits per heavy atom. The van der Waals surface area contributed by atoms with Crippen LogP contribution in [0.3, 0.4) is 0 Å². The van der Waals surface area contributed by atoms with Crippen molar-refractivity contribution in [2.24, 2.45) is 5.73 Å². The number of primary amides is 1. The van der Waals surface area contributed by atoms with Crippen LogP contribution in [0.5, 0.6) is 0 Å². The van der Waals surface area contributed by atoms with Gasteiger partial charge in [0.25, 0.3) is 15.9 Å². The molecule has 2 aromatic carbocycles. The van der Waals surface area contributed by atoms with Crippen LogP contribution in [-0.2, 0) is 10.0 Å². The zero-order valence-corrected chi connectivity index (χ0v) is 12.1. The lowest BCUT2D eigenvalue weighted by atomic mass is 10.2. The highest BCUT2D eigenvalue weighted by atomic mass is 32.2. The molecule has 114 valence electrons. The van der Waals surface area contributed by atoms with Crippen molar-refractivity contribution in [1.29, 1.82) is 0 Å². The van der Waals surface area contributed by atoms with Gasteiger partial charge in [0.15, 0.2) is 0 Å². The van der Waals surface area contributed by atoms with Gasteiger partial charge in [0.05, 0.1) is 4.90 Å². The van der Waals surface area contributed by atoms with Crippen molar-refractivity contribution in [3.63, 3.8) is 0 Å². The molecule has 2 rings (SSSR count). The number of benzene rings is 2. The van der Waals surface area contributed by atoms with Gasteiger partial charge in [0, 0.05) is 11.3 Å². The fourth-order valence-electron chi connectivity index (χ4n) is 1.72. The molecule has 0 aliphatic rings. The second kappa shape index (κ2) is 6.27. The maximum Gasteiger partial charge on any atom is 0.316 e. The first-order valence-corrected chi connectivity index (χ1v) is 7.65. The molecule has 0 heterocycles. The third kappa shape index (κ3) is 3.83. The second-order valence-electron chi connectivity index (χ2n) is 4.32. The first kappa shape index (κ1) is 15.5. The summed E-state index contributed by atoms with van der Waals surface area (Å²) in [6, 6.07) is 12.5. The molecule has 0 saturated heterocycles. The van der Waals surface area contributed by atoms with E-state index in [9.17, 15) is 18.0 Å². The number of amides is 3. The predicted octanol–water partition coefficient (Wildman–Crippen LogP) is 1.30. The molecule has 7 nitrogen and oxygen atoms in total. The summed E-state index contributed by atoms with van der Waals surface area (Å²) >= 11 is 0. The molecule has 0 aromatic heterocycles. The number of anilines is 1. The van der Waals surface area contributed by atoms with Crippen molar-refractivity contribution in [2.45, 2.75) is 4.90 Å². The van der Waals surface area contributed by atoms with Crippen LogP contribution in [0, 0.1) is 0 Å². The van der Waals surface area contributed by atoms with E-state index in [-0.39, 0.29) is 16.1 Å². The van der Waals surface area contributed by atoms with E-state index in [1.54, 1.807) is 18.2 Å². The van der Waals surface area contributed by atoms with Gasteiger partial charge in [-0.2, -0.15) is 0 Å². The van der Waals surface area contributed by atoms with Gasteiger partial charge >= 0.3 is 6.03 Å². The van der Waals surface area contributed by atoms with Crippen LogP contribution in [0.1, 0.15) is 10.4 Å². The van der Waals surface area contributed by atoms with Crippen LogP contribution in [0.4, 0.5) is 10.5 Å². The first-order valence-electron chi connectivity index (χ1n) is 6.17. The molecule has 0 aliphatic heterocycles. The monoisotopic (exact) mass is 319 g/mol. The largest absolute Gasteiger partial charge is 0.351 e. The normalized spacial score (nSPS) is 10.7. The van der Waals surface area contributed by atoms with Crippen LogP contribution in [0.2, 0.25) is 0 Å². The predicted molar refractivity (Wildman–Crippen MR) is 80.7 cm³/mol. The minimum atomic E-state index is -3.96. The number of nitrogens with two attached hydrogens (primary N) is 1. The number of rotatable bonds is 4. The zero-order chi connectivity index (χ0) is 16.2. The van der Waals surface area contributed by atoms with Crippen LogP contribution in [0.15, 0.2) is 59.5 Å². The average Bonchev–Trinajstić information content (AvgIpc) is 2.47. The van der Waals surface area contributed by atoms with Gasteiger partial charge in [0.1, 0.15) is 0 Å². The molecule has 0 saturated carbocycles. The van der Waals surface area contributed by atoms with Gasteiger partial charge in [-0.3, -0.25) is 4.79 Å². The number of carbonyl (C=O) groups is 2. The standard InChI is InChI=1S/C14H13N3O4S/c15-14(19)16-11-6-4-5-10(9-11)13(18)17-22(20,21)12-7-2-1-3-8-12/h1-9H,(H,17,18)(H3,15,16,19). The summed E-state index contributed by atoms with van der Waals surface area (Å²) in [6.45, 7) is 0. The minimum Gasteiger partial charge on any atom is -0.351 e. The number of nitrogens with one attached hydrogen (secondary N) is 2. The molecular formula is C14H13N3O4S. The number of sulfonamides is 1. The summed E-state index contributed by atoms with van der Waals surface area (Å²) < 4.78 is 26.1. The van der Waals surface area contributed by atoms with E-state index in [4.69, 9.17) is 5.73 Å². The van der Waals surface area contributed by atoms with Crippen molar-refractivity contribution in [3.8, 4) is 0 Å². The maximum atomic E-state index is 12.1.